The lowest BCUT2D eigenvalue weighted by Crippen LogP contribution is -2.45. The molecular formula is C12H18BrNO3S2. The van der Waals surface area contributed by atoms with Crippen molar-refractivity contribution < 1.29 is 13.5 Å². The van der Waals surface area contributed by atoms with Crippen LogP contribution in [0.5, 0.6) is 0 Å². The van der Waals surface area contributed by atoms with Crippen LogP contribution in [0.2, 0.25) is 0 Å². The maximum absolute atomic E-state index is 12.1. The van der Waals surface area contributed by atoms with Crippen LogP contribution < -0.4 is 4.72 Å². The van der Waals surface area contributed by atoms with Crippen molar-refractivity contribution in [3.05, 3.63) is 15.9 Å². The van der Waals surface area contributed by atoms with E-state index in [1.807, 2.05) is 0 Å². The van der Waals surface area contributed by atoms with Gasteiger partial charge >= 0.3 is 0 Å². The first-order valence-electron chi connectivity index (χ1n) is 6.28. The Morgan fingerprint density at radius 1 is 1.58 bits per heavy atom. The van der Waals surface area contributed by atoms with Gasteiger partial charge in [-0.2, -0.15) is 0 Å². The molecule has 1 aliphatic rings. The second kappa shape index (κ2) is 5.81. The van der Waals surface area contributed by atoms with Crippen LogP contribution in [0.3, 0.4) is 0 Å². The van der Waals surface area contributed by atoms with E-state index < -0.39 is 15.6 Å². The van der Waals surface area contributed by atoms with E-state index in [0.717, 1.165) is 16.6 Å². The Kier molecular flexibility index (Phi) is 4.72. The zero-order chi connectivity index (χ0) is 14.1. The SMILES string of the molecule is CC1CCCC(O)(CNS(=O)(=O)c2ccc(Br)s2)C1. The first kappa shape index (κ1) is 15.4. The maximum atomic E-state index is 12.1. The molecule has 108 valence electrons. The van der Waals surface area contributed by atoms with E-state index in [2.05, 4.69) is 27.6 Å². The summed E-state index contributed by atoms with van der Waals surface area (Å²) >= 11 is 4.41. The standard InChI is InChI=1S/C12H18BrNO3S2/c1-9-3-2-6-12(15,7-9)8-14-19(16,17)11-5-4-10(13)18-11/h4-5,9,14-15H,2-3,6-8H2,1H3. The van der Waals surface area contributed by atoms with E-state index in [1.54, 1.807) is 12.1 Å². The lowest BCUT2D eigenvalue weighted by atomic mass is 9.79. The average Bonchev–Trinajstić information content (AvgIpc) is 2.74. The fourth-order valence-corrected chi connectivity index (χ4v) is 5.71. The molecule has 1 fully saturated rings. The smallest absolute Gasteiger partial charge is 0.250 e. The monoisotopic (exact) mass is 367 g/mol. The second-order valence-corrected chi connectivity index (χ2v) is 9.77. The zero-order valence-corrected chi connectivity index (χ0v) is 13.9. The quantitative estimate of drug-likeness (QED) is 0.859. The zero-order valence-electron chi connectivity index (χ0n) is 10.7. The number of rotatable bonds is 4. The molecule has 0 spiro atoms. The Balaban J connectivity index is 2.01. The Morgan fingerprint density at radius 2 is 2.32 bits per heavy atom. The number of halogens is 1. The molecule has 0 aliphatic heterocycles. The van der Waals surface area contributed by atoms with Crippen LogP contribution in [0.4, 0.5) is 0 Å². The van der Waals surface area contributed by atoms with Gasteiger partial charge in [-0.05, 0) is 46.8 Å². The van der Waals surface area contributed by atoms with E-state index in [-0.39, 0.29) is 10.8 Å². The van der Waals surface area contributed by atoms with Gasteiger partial charge in [-0.1, -0.05) is 19.8 Å². The van der Waals surface area contributed by atoms with Crippen molar-refractivity contribution in [2.24, 2.45) is 5.92 Å². The number of sulfonamides is 1. The lowest BCUT2D eigenvalue weighted by Gasteiger charge is -2.35. The molecule has 0 saturated heterocycles. The van der Waals surface area contributed by atoms with E-state index in [0.29, 0.717) is 18.8 Å². The third-order valence-corrected chi connectivity index (χ3v) is 6.99. The van der Waals surface area contributed by atoms with Crippen LogP contribution in [0, 0.1) is 5.92 Å². The molecule has 4 nitrogen and oxygen atoms in total. The van der Waals surface area contributed by atoms with Gasteiger partial charge in [0.1, 0.15) is 4.21 Å². The molecule has 1 aliphatic carbocycles. The Hall–Kier alpha value is 0.0500. The third kappa shape index (κ3) is 4.01. The van der Waals surface area contributed by atoms with Crippen molar-refractivity contribution in [2.75, 3.05) is 6.54 Å². The Labute approximate surface area is 126 Å². The molecule has 19 heavy (non-hydrogen) atoms. The first-order valence-corrected chi connectivity index (χ1v) is 9.37. The van der Waals surface area contributed by atoms with Crippen LogP contribution in [-0.4, -0.2) is 25.7 Å². The highest BCUT2D eigenvalue weighted by Gasteiger charge is 2.34. The van der Waals surface area contributed by atoms with Gasteiger partial charge in [0, 0.05) is 6.54 Å². The van der Waals surface area contributed by atoms with Gasteiger partial charge in [0.25, 0.3) is 0 Å². The number of hydrogen-bond acceptors (Lipinski definition) is 4. The minimum absolute atomic E-state index is 0.0925. The summed E-state index contributed by atoms with van der Waals surface area (Å²) < 4.78 is 27.7. The second-order valence-electron chi connectivity index (χ2n) is 5.31. The molecule has 2 N–H and O–H groups in total. The van der Waals surface area contributed by atoms with E-state index in [9.17, 15) is 13.5 Å². The summed E-state index contributed by atoms with van der Waals surface area (Å²) in [6.45, 7) is 2.18. The molecule has 0 bridgehead atoms. The third-order valence-electron chi connectivity index (χ3n) is 3.47. The lowest BCUT2D eigenvalue weighted by molar-refractivity contribution is -0.00750. The highest BCUT2D eigenvalue weighted by molar-refractivity contribution is 9.11. The van der Waals surface area contributed by atoms with Gasteiger partial charge in [-0.25, -0.2) is 13.1 Å². The van der Waals surface area contributed by atoms with Gasteiger partial charge < -0.3 is 5.11 Å². The van der Waals surface area contributed by atoms with Crippen LogP contribution in [0.15, 0.2) is 20.1 Å². The molecule has 2 rings (SSSR count). The summed E-state index contributed by atoms with van der Waals surface area (Å²) in [6, 6.07) is 3.27. The van der Waals surface area contributed by atoms with Gasteiger partial charge in [-0.3, -0.25) is 0 Å². The van der Waals surface area contributed by atoms with E-state index in [4.69, 9.17) is 0 Å². The summed E-state index contributed by atoms with van der Waals surface area (Å²) in [5.74, 6) is 0.444. The highest BCUT2D eigenvalue weighted by Crippen LogP contribution is 2.32. The van der Waals surface area contributed by atoms with Crippen LogP contribution >= 0.6 is 27.3 Å². The Bertz CT molecular complexity index is 543. The van der Waals surface area contributed by atoms with Crippen LogP contribution in [-0.2, 0) is 10.0 Å². The predicted molar refractivity (Wildman–Crippen MR) is 79.8 cm³/mol. The molecule has 1 heterocycles. The fraction of sp³-hybridized carbons (Fsp3) is 0.667. The summed E-state index contributed by atoms with van der Waals surface area (Å²) in [4.78, 5) is 0. The van der Waals surface area contributed by atoms with Crippen molar-refractivity contribution >= 4 is 37.3 Å². The number of thiophene rings is 1. The molecule has 1 saturated carbocycles. The maximum Gasteiger partial charge on any atom is 0.250 e. The summed E-state index contributed by atoms with van der Waals surface area (Å²) in [5.41, 5.74) is -0.904. The van der Waals surface area contributed by atoms with E-state index in [1.165, 1.54) is 11.3 Å². The van der Waals surface area contributed by atoms with Crippen molar-refractivity contribution in [2.45, 2.75) is 42.4 Å². The molecule has 0 amide bonds. The van der Waals surface area contributed by atoms with Gasteiger partial charge in [0.05, 0.1) is 9.39 Å². The summed E-state index contributed by atoms with van der Waals surface area (Å²) in [6.07, 6.45) is 3.37. The molecule has 0 radical (unpaired) electrons. The summed E-state index contributed by atoms with van der Waals surface area (Å²) in [5, 5.41) is 10.4. The largest absolute Gasteiger partial charge is 0.389 e. The molecule has 7 heteroatoms. The Morgan fingerprint density at radius 3 is 2.89 bits per heavy atom. The molecule has 2 atom stereocenters. The van der Waals surface area contributed by atoms with Gasteiger partial charge in [0.2, 0.25) is 10.0 Å². The fourth-order valence-electron chi connectivity index (χ4n) is 2.54. The molecule has 1 aromatic heterocycles. The minimum Gasteiger partial charge on any atom is -0.389 e. The predicted octanol–water partition coefficient (Wildman–Crippen LogP) is 2.73. The number of hydrogen-bond donors (Lipinski definition) is 2. The van der Waals surface area contributed by atoms with Gasteiger partial charge in [0.15, 0.2) is 0 Å². The average molecular weight is 368 g/mol. The molecule has 0 aromatic carbocycles. The highest BCUT2D eigenvalue weighted by atomic mass is 79.9. The summed E-state index contributed by atoms with van der Waals surface area (Å²) in [7, 11) is -3.52. The number of nitrogens with one attached hydrogen (secondary N) is 1. The molecule has 1 aromatic rings. The van der Waals surface area contributed by atoms with Crippen LogP contribution in [0.1, 0.15) is 32.6 Å². The van der Waals surface area contributed by atoms with Crippen molar-refractivity contribution in [3.8, 4) is 0 Å². The van der Waals surface area contributed by atoms with E-state index >= 15 is 0 Å². The van der Waals surface area contributed by atoms with Crippen LogP contribution in [0.25, 0.3) is 0 Å². The van der Waals surface area contributed by atoms with Crippen molar-refractivity contribution in [3.63, 3.8) is 0 Å². The first-order chi connectivity index (χ1) is 8.81. The normalized spacial score (nSPS) is 28.5. The number of aliphatic hydroxyl groups is 1. The topological polar surface area (TPSA) is 66.4 Å². The molecule has 2 unspecified atom stereocenters. The van der Waals surface area contributed by atoms with Crippen molar-refractivity contribution in [1.82, 2.24) is 4.72 Å². The molecular weight excluding hydrogens is 350 g/mol. The van der Waals surface area contributed by atoms with Crippen molar-refractivity contribution in [1.29, 1.82) is 0 Å². The minimum atomic E-state index is -3.52. The van der Waals surface area contributed by atoms with Gasteiger partial charge in [-0.15, -0.1) is 11.3 Å².